The van der Waals surface area contributed by atoms with E-state index in [0.717, 1.165) is 31.4 Å². The largest absolute Gasteiger partial charge is 0.368 e. The fraction of sp³-hybridized carbons (Fsp3) is 0.381. The van der Waals surface area contributed by atoms with Crippen molar-refractivity contribution in [1.82, 2.24) is 14.4 Å². The first-order valence-corrected chi connectivity index (χ1v) is 9.67. The summed E-state index contributed by atoms with van der Waals surface area (Å²) in [5.74, 6) is -0.00110. The quantitative estimate of drug-likeness (QED) is 0.759. The lowest BCUT2D eigenvalue weighted by Crippen LogP contribution is -2.31. The average Bonchev–Trinajstić information content (AvgIpc) is 3.40. The Balaban J connectivity index is 1.64. The second kappa shape index (κ2) is 6.29. The lowest BCUT2D eigenvalue weighted by molar-refractivity contribution is 0.610. The number of hydrogen-bond donors (Lipinski definition) is 1. The SMILES string of the molecule is Cc1c(N2CCC(c3cccnc3)C2)c(F)cn2c(=O)[nH]c(=O)c(C3CC3)c12. The second-order valence-electron chi connectivity index (χ2n) is 7.83. The van der Waals surface area contributed by atoms with E-state index in [1.165, 1.54) is 10.6 Å². The van der Waals surface area contributed by atoms with Crippen LogP contribution in [0.15, 0.2) is 40.3 Å². The molecule has 28 heavy (non-hydrogen) atoms. The summed E-state index contributed by atoms with van der Waals surface area (Å²) in [5, 5.41) is 0. The lowest BCUT2D eigenvalue weighted by atomic mass is 10.0. The van der Waals surface area contributed by atoms with E-state index in [2.05, 4.69) is 16.0 Å². The number of H-pyrrole nitrogens is 1. The number of rotatable bonds is 3. The van der Waals surface area contributed by atoms with Crippen LogP contribution in [0.1, 0.15) is 47.8 Å². The monoisotopic (exact) mass is 380 g/mol. The molecule has 0 radical (unpaired) electrons. The van der Waals surface area contributed by atoms with Crippen molar-refractivity contribution < 1.29 is 4.39 Å². The number of aryl methyl sites for hydroxylation is 1. The molecule has 2 fully saturated rings. The number of halogens is 1. The number of fused-ring (bicyclic) bond motifs is 1. The maximum Gasteiger partial charge on any atom is 0.333 e. The molecule has 3 aromatic rings. The average molecular weight is 380 g/mol. The zero-order valence-electron chi connectivity index (χ0n) is 15.6. The van der Waals surface area contributed by atoms with Gasteiger partial charge in [0.15, 0.2) is 5.82 Å². The predicted octanol–water partition coefficient (Wildman–Crippen LogP) is 2.70. The van der Waals surface area contributed by atoms with E-state index in [4.69, 9.17) is 0 Å². The molecule has 5 rings (SSSR count). The summed E-state index contributed by atoms with van der Waals surface area (Å²) < 4.78 is 16.3. The van der Waals surface area contributed by atoms with Gasteiger partial charge in [0.25, 0.3) is 5.56 Å². The summed E-state index contributed by atoms with van der Waals surface area (Å²) in [6.45, 7) is 3.22. The van der Waals surface area contributed by atoms with Crippen LogP contribution in [-0.2, 0) is 0 Å². The molecule has 0 spiro atoms. The van der Waals surface area contributed by atoms with E-state index < -0.39 is 11.5 Å². The molecular weight excluding hydrogens is 359 g/mol. The van der Waals surface area contributed by atoms with Crippen molar-refractivity contribution in [1.29, 1.82) is 0 Å². The molecule has 1 aliphatic heterocycles. The van der Waals surface area contributed by atoms with E-state index in [0.29, 0.717) is 28.9 Å². The molecule has 3 aromatic heterocycles. The van der Waals surface area contributed by atoms with Crippen LogP contribution in [0.4, 0.5) is 10.1 Å². The van der Waals surface area contributed by atoms with E-state index >= 15 is 4.39 Å². The van der Waals surface area contributed by atoms with Gasteiger partial charge in [-0.3, -0.25) is 19.2 Å². The number of hydrogen-bond acceptors (Lipinski definition) is 4. The number of aromatic amines is 1. The summed E-state index contributed by atoms with van der Waals surface area (Å²) in [6, 6.07) is 3.97. The molecule has 0 bridgehead atoms. The summed E-state index contributed by atoms with van der Waals surface area (Å²) in [7, 11) is 0. The molecule has 0 aromatic carbocycles. The Kier molecular flexibility index (Phi) is 3.86. The molecule has 1 unspecified atom stereocenters. The van der Waals surface area contributed by atoms with E-state index in [1.54, 1.807) is 6.20 Å². The van der Waals surface area contributed by atoms with Crippen LogP contribution >= 0.6 is 0 Å². The molecule has 144 valence electrons. The number of aromatic nitrogens is 3. The van der Waals surface area contributed by atoms with Crippen molar-refractivity contribution in [2.24, 2.45) is 0 Å². The van der Waals surface area contributed by atoms with Crippen molar-refractivity contribution in [3.05, 3.63) is 74.1 Å². The Morgan fingerprint density at radius 3 is 2.75 bits per heavy atom. The Morgan fingerprint density at radius 2 is 2.04 bits per heavy atom. The summed E-state index contributed by atoms with van der Waals surface area (Å²) in [5.41, 5.74) is 2.56. The smallest absolute Gasteiger partial charge is 0.333 e. The Hall–Kier alpha value is -2.96. The zero-order chi connectivity index (χ0) is 19.4. The third-order valence-corrected chi connectivity index (χ3v) is 6.00. The van der Waals surface area contributed by atoms with Gasteiger partial charge in [0.1, 0.15) is 0 Å². The van der Waals surface area contributed by atoms with Crippen LogP contribution in [-0.4, -0.2) is 27.5 Å². The van der Waals surface area contributed by atoms with Gasteiger partial charge in [-0.25, -0.2) is 9.18 Å². The molecule has 1 atom stereocenters. The molecule has 2 aliphatic rings. The van der Waals surface area contributed by atoms with E-state index in [9.17, 15) is 9.59 Å². The van der Waals surface area contributed by atoms with Crippen LogP contribution in [0.5, 0.6) is 0 Å². The van der Waals surface area contributed by atoms with Gasteiger partial charge >= 0.3 is 5.69 Å². The normalized spacial score (nSPS) is 19.5. The van der Waals surface area contributed by atoms with Gasteiger partial charge in [0, 0.05) is 42.5 Å². The molecule has 6 nitrogen and oxygen atoms in total. The number of nitrogens with one attached hydrogen (secondary N) is 1. The van der Waals surface area contributed by atoms with Crippen molar-refractivity contribution in [2.45, 2.75) is 38.0 Å². The minimum atomic E-state index is -0.590. The van der Waals surface area contributed by atoms with Crippen molar-refractivity contribution >= 4 is 11.2 Å². The van der Waals surface area contributed by atoms with Crippen LogP contribution in [0, 0.1) is 12.7 Å². The first-order chi connectivity index (χ1) is 13.5. The standard InChI is InChI=1S/C21H21FN4O2/c1-12-18(25-8-6-15(10-25)14-3-2-7-23-9-14)16(22)11-26-19(12)17(13-4-5-13)20(27)24-21(26)28/h2-3,7,9,11,13,15H,4-6,8,10H2,1H3,(H,24,27,28). The van der Waals surface area contributed by atoms with Gasteiger partial charge in [0.05, 0.1) is 17.4 Å². The van der Waals surface area contributed by atoms with Gasteiger partial charge < -0.3 is 4.90 Å². The van der Waals surface area contributed by atoms with Gasteiger partial charge in [-0.2, -0.15) is 0 Å². The lowest BCUT2D eigenvalue weighted by Gasteiger charge is -2.23. The Labute approximate surface area is 160 Å². The van der Waals surface area contributed by atoms with E-state index in [1.807, 2.05) is 24.1 Å². The third kappa shape index (κ3) is 2.65. The van der Waals surface area contributed by atoms with Gasteiger partial charge in [-0.1, -0.05) is 6.07 Å². The van der Waals surface area contributed by atoms with Gasteiger partial charge in [-0.15, -0.1) is 0 Å². The van der Waals surface area contributed by atoms with Crippen LogP contribution in [0.3, 0.4) is 0 Å². The molecule has 7 heteroatoms. The Morgan fingerprint density at radius 1 is 1.21 bits per heavy atom. The second-order valence-corrected chi connectivity index (χ2v) is 7.83. The highest BCUT2D eigenvalue weighted by atomic mass is 19.1. The van der Waals surface area contributed by atoms with Gasteiger partial charge in [0.2, 0.25) is 0 Å². The minimum absolute atomic E-state index is 0.151. The predicted molar refractivity (Wildman–Crippen MR) is 105 cm³/mol. The van der Waals surface area contributed by atoms with Crippen LogP contribution in [0.25, 0.3) is 5.52 Å². The number of nitrogens with zero attached hydrogens (tertiary/aromatic N) is 3. The fourth-order valence-electron chi connectivity index (χ4n) is 4.53. The summed E-state index contributed by atoms with van der Waals surface area (Å²) in [4.78, 5) is 33.3. The highest BCUT2D eigenvalue weighted by Crippen LogP contribution is 2.42. The van der Waals surface area contributed by atoms with Crippen molar-refractivity contribution in [3.63, 3.8) is 0 Å². The molecular formula is C21H21FN4O2. The minimum Gasteiger partial charge on any atom is -0.368 e. The molecule has 1 saturated heterocycles. The van der Waals surface area contributed by atoms with Crippen LogP contribution < -0.4 is 16.1 Å². The molecule has 1 aliphatic carbocycles. The highest BCUT2D eigenvalue weighted by molar-refractivity contribution is 5.72. The maximum atomic E-state index is 15.1. The molecule has 4 heterocycles. The third-order valence-electron chi connectivity index (χ3n) is 6.00. The molecule has 1 N–H and O–H groups in total. The first kappa shape index (κ1) is 17.2. The van der Waals surface area contributed by atoms with Crippen molar-refractivity contribution in [2.75, 3.05) is 18.0 Å². The molecule has 0 amide bonds. The van der Waals surface area contributed by atoms with Crippen molar-refractivity contribution in [3.8, 4) is 0 Å². The fourth-order valence-corrected chi connectivity index (χ4v) is 4.53. The van der Waals surface area contributed by atoms with Gasteiger partial charge in [-0.05, 0) is 43.7 Å². The number of anilines is 1. The first-order valence-electron chi connectivity index (χ1n) is 9.67. The van der Waals surface area contributed by atoms with E-state index in [-0.39, 0.29) is 17.4 Å². The summed E-state index contributed by atoms with van der Waals surface area (Å²) in [6.07, 6.45) is 7.60. The maximum absolute atomic E-state index is 15.1. The summed E-state index contributed by atoms with van der Waals surface area (Å²) >= 11 is 0. The Bertz CT molecular complexity index is 1180. The highest BCUT2D eigenvalue weighted by Gasteiger charge is 2.33. The zero-order valence-corrected chi connectivity index (χ0v) is 15.6. The van der Waals surface area contributed by atoms with Crippen LogP contribution in [0.2, 0.25) is 0 Å². The molecule has 1 saturated carbocycles. The topological polar surface area (TPSA) is 70.5 Å². The number of pyridine rings is 2.